The van der Waals surface area contributed by atoms with Crippen LogP contribution < -0.4 is 10.1 Å². The van der Waals surface area contributed by atoms with Gasteiger partial charge in [-0.05, 0) is 43.4 Å². The summed E-state index contributed by atoms with van der Waals surface area (Å²) in [5, 5.41) is 2.68. The summed E-state index contributed by atoms with van der Waals surface area (Å²) in [6.07, 6.45) is 1.26. The second-order valence-electron chi connectivity index (χ2n) is 9.20. The van der Waals surface area contributed by atoms with E-state index in [2.05, 4.69) is 16.9 Å². The second-order valence-corrected chi connectivity index (χ2v) is 9.20. The zero-order valence-electron chi connectivity index (χ0n) is 20.2. The van der Waals surface area contributed by atoms with Crippen LogP contribution in [0.4, 0.5) is 5.82 Å². The predicted octanol–water partition coefficient (Wildman–Crippen LogP) is 4.43. The van der Waals surface area contributed by atoms with E-state index in [9.17, 15) is 14.4 Å². The van der Waals surface area contributed by atoms with Gasteiger partial charge in [0.2, 0.25) is 5.91 Å². The first-order valence-electron chi connectivity index (χ1n) is 11.1. The van der Waals surface area contributed by atoms with Crippen LogP contribution in [0.1, 0.15) is 76.2 Å². The second kappa shape index (κ2) is 10.7. The molecule has 2 atom stereocenters. The number of ether oxygens (including phenoxy) is 3. The van der Waals surface area contributed by atoms with Crippen molar-refractivity contribution in [1.29, 1.82) is 0 Å². The Bertz CT molecular complexity index is 860. The van der Waals surface area contributed by atoms with Crippen molar-refractivity contribution >= 4 is 23.7 Å². The molecule has 1 amide bonds. The van der Waals surface area contributed by atoms with Gasteiger partial charge in [0.1, 0.15) is 17.5 Å². The highest BCUT2D eigenvalue weighted by molar-refractivity contribution is 6.02. The predicted molar refractivity (Wildman–Crippen MR) is 122 cm³/mol. The van der Waals surface area contributed by atoms with Crippen molar-refractivity contribution in [3.05, 3.63) is 23.3 Å². The molecule has 0 bridgehead atoms. The standard InChI is InChI=1S/C24H36N2O6/c1-12(2)18-19(21(25-16(7)27)26-22(18)30-8)24(29)32-20-14(5)9-17(10-15(20)6)11-31-23(28)13(3)4/h12,14-15,17,20,26H,3,9-11H2,1-2,4-8H3,(H,25,27). The number of carbonyl (C=O) groups excluding carboxylic acids is 3. The Kier molecular flexibility index (Phi) is 8.52. The Labute approximate surface area is 190 Å². The van der Waals surface area contributed by atoms with Crippen LogP contribution in [0, 0.1) is 17.8 Å². The number of hydrogen-bond acceptors (Lipinski definition) is 6. The first-order valence-corrected chi connectivity index (χ1v) is 11.1. The fourth-order valence-electron chi connectivity index (χ4n) is 4.53. The number of rotatable bonds is 8. The largest absolute Gasteiger partial charge is 0.482 e. The minimum atomic E-state index is -0.493. The van der Waals surface area contributed by atoms with E-state index in [1.807, 2.05) is 27.7 Å². The highest BCUT2D eigenvalue weighted by Crippen LogP contribution is 2.39. The van der Waals surface area contributed by atoms with Crippen LogP contribution in [0.15, 0.2) is 12.2 Å². The molecule has 8 nitrogen and oxygen atoms in total. The smallest absolute Gasteiger partial charge is 0.342 e. The van der Waals surface area contributed by atoms with Crippen molar-refractivity contribution in [2.75, 3.05) is 19.0 Å². The first kappa shape index (κ1) is 25.5. The summed E-state index contributed by atoms with van der Waals surface area (Å²) in [7, 11) is 1.51. The van der Waals surface area contributed by atoms with Gasteiger partial charge in [0.05, 0.1) is 13.7 Å². The number of amides is 1. The van der Waals surface area contributed by atoms with Crippen LogP contribution in [0.5, 0.6) is 5.88 Å². The molecule has 8 heteroatoms. The molecule has 1 heterocycles. The molecule has 178 valence electrons. The van der Waals surface area contributed by atoms with Gasteiger partial charge in [-0.1, -0.05) is 34.3 Å². The molecular weight excluding hydrogens is 412 g/mol. The molecule has 1 saturated carbocycles. The zero-order chi connectivity index (χ0) is 24.2. The normalized spacial score (nSPS) is 22.9. The molecule has 1 aliphatic rings. The van der Waals surface area contributed by atoms with E-state index in [4.69, 9.17) is 14.2 Å². The fraction of sp³-hybridized carbons (Fsp3) is 0.625. The molecule has 0 aromatic carbocycles. The molecule has 2 N–H and O–H groups in total. The molecule has 0 aliphatic heterocycles. The van der Waals surface area contributed by atoms with E-state index < -0.39 is 5.97 Å². The Morgan fingerprint density at radius 2 is 1.75 bits per heavy atom. The number of methoxy groups -OCH3 is 1. The minimum absolute atomic E-state index is 0.0279. The van der Waals surface area contributed by atoms with E-state index in [-0.39, 0.29) is 47.5 Å². The van der Waals surface area contributed by atoms with Crippen LogP contribution in [0.3, 0.4) is 0 Å². The van der Waals surface area contributed by atoms with Gasteiger partial charge in [-0.25, -0.2) is 9.59 Å². The third-order valence-electron chi connectivity index (χ3n) is 5.86. The molecule has 1 aromatic rings. The van der Waals surface area contributed by atoms with Crippen molar-refractivity contribution < 1.29 is 28.6 Å². The van der Waals surface area contributed by atoms with Gasteiger partial charge in [-0.2, -0.15) is 0 Å². The van der Waals surface area contributed by atoms with Crippen LogP contribution in [-0.4, -0.2) is 42.7 Å². The molecule has 32 heavy (non-hydrogen) atoms. The summed E-state index contributed by atoms with van der Waals surface area (Å²) in [6.45, 7) is 14.9. The maximum absolute atomic E-state index is 13.3. The van der Waals surface area contributed by atoms with Crippen molar-refractivity contribution in [2.45, 2.75) is 66.4 Å². The molecule has 1 aliphatic carbocycles. The fourth-order valence-corrected chi connectivity index (χ4v) is 4.53. The Morgan fingerprint density at radius 1 is 1.16 bits per heavy atom. The van der Waals surface area contributed by atoms with Gasteiger partial charge in [0.25, 0.3) is 0 Å². The highest BCUT2D eigenvalue weighted by Gasteiger charge is 2.38. The lowest BCUT2D eigenvalue weighted by molar-refractivity contribution is -0.141. The molecular formula is C24H36N2O6. The van der Waals surface area contributed by atoms with E-state index in [1.165, 1.54) is 14.0 Å². The Balaban J connectivity index is 2.18. The Hall–Kier alpha value is -2.77. The van der Waals surface area contributed by atoms with Crippen molar-refractivity contribution in [1.82, 2.24) is 4.98 Å². The number of nitrogens with one attached hydrogen (secondary N) is 2. The van der Waals surface area contributed by atoms with Crippen molar-refractivity contribution in [3.63, 3.8) is 0 Å². The lowest BCUT2D eigenvalue weighted by atomic mass is 9.74. The third-order valence-corrected chi connectivity index (χ3v) is 5.86. The molecule has 0 saturated heterocycles. The monoisotopic (exact) mass is 448 g/mol. The molecule has 1 fully saturated rings. The highest BCUT2D eigenvalue weighted by atomic mass is 16.5. The molecule has 2 rings (SSSR count). The Morgan fingerprint density at radius 3 is 2.22 bits per heavy atom. The first-order chi connectivity index (χ1) is 15.0. The minimum Gasteiger partial charge on any atom is -0.482 e. The van der Waals surface area contributed by atoms with E-state index in [1.54, 1.807) is 6.92 Å². The van der Waals surface area contributed by atoms with Crippen molar-refractivity contribution in [3.8, 4) is 5.88 Å². The van der Waals surface area contributed by atoms with Crippen LogP contribution in [-0.2, 0) is 19.1 Å². The third kappa shape index (κ3) is 5.93. The van der Waals surface area contributed by atoms with Crippen LogP contribution in [0.2, 0.25) is 0 Å². The van der Waals surface area contributed by atoms with Gasteiger partial charge in [-0.3, -0.25) is 4.79 Å². The molecule has 2 unspecified atom stereocenters. The number of carbonyl (C=O) groups is 3. The number of aromatic nitrogens is 1. The van der Waals surface area contributed by atoms with Crippen LogP contribution >= 0.6 is 0 Å². The number of H-pyrrole nitrogens is 1. The van der Waals surface area contributed by atoms with E-state index in [0.717, 1.165) is 12.8 Å². The lowest BCUT2D eigenvalue weighted by Crippen LogP contribution is -2.39. The summed E-state index contributed by atoms with van der Waals surface area (Å²) < 4.78 is 16.7. The number of hydrogen-bond donors (Lipinski definition) is 2. The summed E-state index contributed by atoms with van der Waals surface area (Å²) >= 11 is 0. The summed E-state index contributed by atoms with van der Waals surface area (Å²) in [5.41, 5.74) is 1.34. The number of anilines is 1. The van der Waals surface area contributed by atoms with Gasteiger partial charge in [-0.15, -0.1) is 0 Å². The summed E-state index contributed by atoms with van der Waals surface area (Å²) in [6, 6.07) is 0. The van der Waals surface area contributed by atoms with E-state index >= 15 is 0 Å². The number of esters is 2. The molecule has 0 spiro atoms. The van der Waals surface area contributed by atoms with Gasteiger partial charge in [0.15, 0.2) is 5.88 Å². The van der Waals surface area contributed by atoms with Gasteiger partial charge in [0, 0.05) is 18.1 Å². The molecule has 0 radical (unpaired) electrons. The topological polar surface area (TPSA) is 107 Å². The van der Waals surface area contributed by atoms with Gasteiger partial charge >= 0.3 is 11.9 Å². The average molecular weight is 449 g/mol. The lowest BCUT2D eigenvalue weighted by Gasteiger charge is -2.38. The van der Waals surface area contributed by atoms with Gasteiger partial charge < -0.3 is 24.5 Å². The quantitative estimate of drug-likeness (QED) is 0.450. The maximum Gasteiger partial charge on any atom is 0.342 e. The van der Waals surface area contributed by atoms with Crippen LogP contribution in [0.25, 0.3) is 0 Å². The average Bonchev–Trinajstić information content (AvgIpc) is 3.06. The number of aromatic amines is 1. The SMILES string of the molecule is C=C(C)C(=O)OCC1CC(C)C(OC(=O)c2c(NC(C)=O)[nH]c(OC)c2C(C)C)C(C)C1. The maximum atomic E-state index is 13.3. The van der Waals surface area contributed by atoms with E-state index in [0.29, 0.717) is 29.2 Å². The summed E-state index contributed by atoms with van der Waals surface area (Å²) in [5.74, 6) is -0.118. The van der Waals surface area contributed by atoms with Crippen molar-refractivity contribution in [2.24, 2.45) is 17.8 Å². The molecule has 1 aromatic heterocycles. The summed E-state index contributed by atoms with van der Waals surface area (Å²) in [4.78, 5) is 39.7. The zero-order valence-corrected chi connectivity index (χ0v) is 20.2.